The van der Waals surface area contributed by atoms with E-state index in [0.717, 1.165) is 18.5 Å². The van der Waals surface area contributed by atoms with Crippen LogP contribution in [0.2, 0.25) is 0 Å². The van der Waals surface area contributed by atoms with E-state index in [1.165, 1.54) is 0 Å². The van der Waals surface area contributed by atoms with Gasteiger partial charge in [-0.3, -0.25) is 12.9 Å². The fourth-order valence-corrected chi connectivity index (χ4v) is 2.82. The fourth-order valence-electron chi connectivity index (χ4n) is 2.82. The first-order valence-electron chi connectivity index (χ1n) is 7.42. The third-order valence-electron chi connectivity index (χ3n) is 3.91. The Labute approximate surface area is 140 Å². The minimum absolute atomic E-state index is 0.0157. The first-order valence-corrected chi connectivity index (χ1v) is 7.42. The zero-order valence-corrected chi connectivity index (χ0v) is 14.3. The van der Waals surface area contributed by atoms with Gasteiger partial charge in [-0.25, -0.2) is 0 Å². The van der Waals surface area contributed by atoms with Crippen molar-refractivity contribution in [3.63, 3.8) is 0 Å². The molecule has 2 atom stereocenters. The Morgan fingerprint density at radius 2 is 1.58 bits per heavy atom. The Hall–Kier alpha value is -1.61. The van der Waals surface area contributed by atoms with Gasteiger partial charge in [-0.2, -0.15) is 0 Å². The summed E-state index contributed by atoms with van der Waals surface area (Å²) in [5.41, 5.74) is 0.927. The number of methoxy groups -OCH3 is 3. The van der Waals surface area contributed by atoms with Gasteiger partial charge >= 0.3 is 7.54 Å². The maximum Gasteiger partial charge on any atom is 0.762 e. The van der Waals surface area contributed by atoms with E-state index in [9.17, 15) is 18.1 Å². The van der Waals surface area contributed by atoms with Crippen LogP contribution in [-0.4, -0.2) is 65.1 Å². The van der Waals surface area contributed by atoms with Crippen LogP contribution in [-0.2, 0) is 0 Å². The van der Waals surface area contributed by atoms with Gasteiger partial charge in [0.05, 0.1) is 27.4 Å². The fraction of sp³-hybridized carbons (Fsp3) is 0.600. The summed E-state index contributed by atoms with van der Waals surface area (Å²) in [6, 6.07) is 3.67. The SMILES string of the molecule is COc1cc(OC)c([C@@H]2CCN(C)C[C@H]2O)c(OC)c1.FB(F)F. The van der Waals surface area contributed by atoms with Crippen LogP contribution in [0, 0.1) is 0 Å². The van der Waals surface area contributed by atoms with Crippen LogP contribution in [0.4, 0.5) is 12.9 Å². The van der Waals surface area contributed by atoms with Crippen LogP contribution in [0.15, 0.2) is 12.1 Å². The monoisotopic (exact) mass is 349 g/mol. The van der Waals surface area contributed by atoms with Gasteiger partial charge in [-0.05, 0) is 20.0 Å². The first kappa shape index (κ1) is 20.4. The second-order valence-corrected chi connectivity index (χ2v) is 5.42. The molecule has 1 heterocycles. The normalized spacial score (nSPS) is 20.7. The molecule has 1 aromatic rings. The molecule has 0 unspecified atom stereocenters. The minimum atomic E-state index is -3.67. The molecule has 1 aromatic carbocycles. The lowest BCUT2D eigenvalue weighted by Crippen LogP contribution is -2.40. The number of hydrogen-bond acceptors (Lipinski definition) is 5. The molecule has 0 spiro atoms. The zero-order valence-electron chi connectivity index (χ0n) is 14.3. The zero-order chi connectivity index (χ0) is 18.3. The Bertz CT molecular complexity index is 494. The van der Waals surface area contributed by atoms with E-state index in [1.54, 1.807) is 21.3 Å². The van der Waals surface area contributed by atoms with Crippen molar-refractivity contribution >= 4 is 7.54 Å². The smallest absolute Gasteiger partial charge is 0.496 e. The van der Waals surface area contributed by atoms with Crippen molar-refractivity contribution in [2.75, 3.05) is 41.5 Å². The predicted molar refractivity (Wildman–Crippen MR) is 86.0 cm³/mol. The number of aliphatic hydroxyl groups is 1. The molecule has 1 aliphatic rings. The molecule has 0 radical (unpaired) electrons. The lowest BCUT2D eigenvalue weighted by Gasteiger charge is -2.35. The second-order valence-electron chi connectivity index (χ2n) is 5.42. The van der Waals surface area contributed by atoms with Gasteiger partial charge in [0.25, 0.3) is 0 Å². The van der Waals surface area contributed by atoms with Crippen LogP contribution < -0.4 is 14.2 Å². The average molecular weight is 349 g/mol. The molecule has 5 nitrogen and oxygen atoms in total. The number of aliphatic hydroxyl groups excluding tert-OH is 1. The average Bonchev–Trinajstić information content (AvgIpc) is 2.53. The van der Waals surface area contributed by atoms with Crippen molar-refractivity contribution in [3.8, 4) is 17.2 Å². The molecular formula is C15H23BF3NO4. The molecule has 1 aliphatic heterocycles. The van der Waals surface area contributed by atoms with Crippen molar-refractivity contribution in [2.24, 2.45) is 0 Å². The minimum Gasteiger partial charge on any atom is -0.496 e. The number of benzene rings is 1. The topological polar surface area (TPSA) is 51.2 Å². The van der Waals surface area contributed by atoms with Gasteiger partial charge < -0.3 is 24.2 Å². The van der Waals surface area contributed by atoms with Gasteiger partial charge in [0, 0.05) is 30.2 Å². The highest BCUT2D eigenvalue weighted by Crippen LogP contribution is 2.42. The highest BCUT2D eigenvalue weighted by atomic mass is 19.4. The maximum absolute atomic E-state index is 10.4. The Morgan fingerprint density at radius 1 is 1.08 bits per heavy atom. The van der Waals surface area contributed by atoms with E-state index >= 15 is 0 Å². The molecule has 0 aromatic heterocycles. The highest BCUT2D eigenvalue weighted by molar-refractivity contribution is 6.33. The van der Waals surface area contributed by atoms with E-state index in [2.05, 4.69) is 4.90 Å². The number of nitrogens with zero attached hydrogens (tertiary/aromatic N) is 1. The summed E-state index contributed by atoms with van der Waals surface area (Å²) in [6.45, 7) is 1.60. The van der Waals surface area contributed by atoms with E-state index < -0.39 is 13.6 Å². The number of ether oxygens (including phenoxy) is 3. The molecule has 24 heavy (non-hydrogen) atoms. The molecule has 0 saturated carbocycles. The molecule has 9 heteroatoms. The number of piperidine rings is 1. The summed E-state index contributed by atoms with van der Waals surface area (Å²) < 4.78 is 45.2. The Morgan fingerprint density at radius 3 is 1.96 bits per heavy atom. The number of hydrogen-bond donors (Lipinski definition) is 1. The van der Waals surface area contributed by atoms with Gasteiger partial charge in [-0.1, -0.05) is 0 Å². The van der Waals surface area contributed by atoms with Gasteiger partial charge in [-0.15, -0.1) is 0 Å². The van der Waals surface area contributed by atoms with Gasteiger partial charge in [0.1, 0.15) is 17.2 Å². The highest BCUT2D eigenvalue weighted by Gasteiger charge is 2.32. The third-order valence-corrected chi connectivity index (χ3v) is 3.91. The molecular weight excluding hydrogens is 326 g/mol. The molecule has 0 bridgehead atoms. The number of likely N-dealkylation sites (tertiary alicyclic amines) is 1. The number of β-amino-alcohol motifs (C(OH)–C–C–N with tert-alkyl or cyclic N) is 1. The molecule has 0 amide bonds. The maximum atomic E-state index is 10.4. The van der Waals surface area contributed by atoms with Crippen molar-refractivity contribution in [2.45, 2.75) is 18.4 Å². The molecule has 136 valence electrons. The van der Waals surface area contributed by atoms with Crippen LogP contribution >= 0.6 is 0 Å². The van der Waals surface area contributed by atoms with Crippen LogP contribution in [0.3, 0.4) is 0 Å². The summed E-state index contributed by atoms with van der Waals surface area (Å²) in [7, 11) is 3.21. The summed E-state index contributed by atoms with van der Waals surface area (Å²) in [5.74, 6) is 2.11. The number of rotatable bonds is 4. The summed E-state index contributed by atoms with van der Waals surface area (Å²) in [6.07, 6.45) is 0.446. The molecule has 2 rings (SSSR count). The summed E-state index contributed by atoms with van der Waals surface area (Å²) >= 11 is 0. The van der Waals surface area contributed by atoms with E-state index in [4.69, 9.17) is 14.2 Å². The largest absolute Gasteiger partial charge is 0.762 e. The predicted octanol–water partition coefficient (Wildman–Crippen LogP) is 2.37. The molecule has 1 fully saturated rings. The van der Waals surface area contributed by atoms with Crippen LogP contribution in [0.25, 0.3) is 0 Å². The number of halogens is 3. The van der Waals surface area contributed by atoms with Crippen LogP contribution in [0.1, 0.15) is 17.9 Å². The van der Waals surface area contributed by atoms with E-state index in [1.807, 2.05) is 19.2 Å². The standard InChI is InChI=1S/C15H23NO4.BF3/c1-16-6-5-11(12(17)9-16)15-13(19-3)7-10(18-2)8-14(15)20-4;2-1(3)4/h7-8,11-12,17H,5-6,9H2,1-4H3;/t11-,12-;/m1./s1. The van der Waals surface area contributed by atoms with Crippen molar-refractivity contribution in [1.29, 1.82) is 0 Å². The lowest BCUT2D eigenvalue weighted by atomic mass is 9.86. The second kappa shape index (κ2) is 9.63. The quantitative estimate of drug-likeness (QED) is 0.846. The summed E-state index contributed by atoms with van der Waals surface area (Å²) in [5, 5.41) is 10.4. The van der Waals surface area contributed by atoms with Crippen molar-refractivity contribution < 1.29 is 32.3 Å². The van der Waals surface area contributed by atoms with Gasteiger partial charge in [0.2, 0.25) is 0 Å². The van der Waals surface area contributed by atoms with Crippen LogP contribution in [0.5, 0.6) is 17.2 Å². The van der Waals surface area contributed by atoms with Crippen molar-refractivity contribution in [3.05, 3.63) is 17.7 Å². The lowest BCUT2D eigenvalue weighted by molar-refractivity contribution is 0.0619. The Balaban J connectivity index is 0.000000648. The summed E-state index contributed by atoms with van der Waals surface area (Å²) in [4.78, 5) is 2.13. The first-order chi connectivity index (χ1) is 11.3. The van der Waals surface area contributed by atoms with E-state index in [0.29, 0.717) is 23.8 Å². The van der Waals surface area contributed by atoms with Crippen molar-refractivity contribution in [1.82, 2.24) is 4.90 Å². The molecule has 0 aliphatic carbocycles. The molecule has 1 saturated heterocycles. The van der Waals surface area contributed by atoms with Gasteiger partial charge in [0.15, 0.2) is 0 Å². The third kappa shape index (κ3) is 5.49. The molecule has 1 N–H and O–H groups in total. The van der Waals surface area contributed by atoms with E-state index in [-0.39, 0.29) is 5.92 Å². The Kier molecular flexibility index (Phi) is 8.20. The number of likely N-dealkylation sites (N-methyl/N-ethyl adjacent to an activating group) is 1.